The van der Waals surface area contributed by atoms with Crippen molar-refractivity contribution in [2.24, 2.45) is 0 Å². The quantitative estimate of drug-likeness (QED) is 0.393. The number of methoxy groups -OCH3 is 1. The van der Waals surface area contributed by atoms with Crippen molar-refractivity contribution in [2.45, 2.75) is 44.8 Å². The number of anilines is 1. The average Bonchev–Trinajstić information content (AvgIpc) is 3.13. The highest BCUT2D eigenvalue weighted by Crippen LogP contribution is 2.38. The maximum absolute atomic E-state index is 13.5. The molecule has 0 fully saturated rings. The number of benzene rings is 1. The predicted molar refractivity (Wildman–Crippen MR) is 115 cm³/mol. The van der Waals surface area contributed by atoms with Gasteiger partial charge in [0, 0.05) is 27.0 Å². The third-order valence-corrected chi connectivity index (χ3v) is 6.99. The van der Waals surface area contributed by atoms with E-state index in [0.717, 1.165) is 24.2 Å². The molecule has 0 unspecified atom stereocenters. The minimum atomic E-state index is -4.56. The number of carbonyl (C=O) groups excluding carboxylic acids is 2. The molecule has 0 aliphatic heterocycles. The first-order valence-corrected chi connectivity index (χ1v) is 11.1. The molecule has 6 nitrogen and oxygen atoms in total. The number of hydrogen-bond acceptors (Lipinski definition) is 5. The summed E-state index contributed by atoms with van der Waals surface area (Å²) in [6.45, 7) is -0.324. The standard InChI is InChI=1S/C21H19ClF3N3O3S/c1-31-20(30)18-17(22)13-8-7-11(9-15(13)32-18)26-16(29)10-28-14-6-4-2-3-5-12(14)19(27-28)21(23,24)25/h7-9H,2-6,10H2,1H3,(H,26,29). The van der Waals surface area contributed by atoms with E-state index < -0.39 is 23.7 Å². The van der Waals surface area contributed by atoms with Gasteiger partial charge in [-0.15, -0.1) is 11.3 Å². The van der Waals surface area contributed by atoms with E-state index in [1.54, 1.807) is 18.2 Å². The maximum Gasteiger partial charge on any atom is 0.435 e. The smallest absolute Gasteiger partial charge is 0.435 e. The molecule has 1 N–H and O–H groups in total. The Morgan fingerprint density at radius 3 is 2.72 bits per heavy atom. The van der Waals surface area contributed by atoms with Crippen molar-refractivity contribution in [3.8, 4) is 0 Å². The Morgan fingerprint density at radius 2 is 2.00 bits per heavy atom. The number of ether oxygens (including phenoxy) is 1. The maximum atomic E-state index is 13.5. The largest absolute Gasteiger partial charge is 0.465 e. The number of rotatable bonds is 4. The monoisotopic (exact) mass is 485 g/mol. The van der Waals surface area contributed by atoms with Crippen LogP contribution in [0.4, 0.5) is 18.9 Å². The molecule has 32 heavy (non-hydrogen) atoms. The molecule has 170 valence electrons. The van der Waals surface area contributed by atoms with Crippen LogP contribution < -0.4 is 5.32 Å². The molecule has 1 aromatic carbocycles. The van der Waals surface area contributed by atoms with Gasteiger partial charge in [0.15, 0.2) is 5.69 Å². The Hall–Kier alpha value is -2.59. The van der Waals surface area contributed by atoms with Gasteiger partial charge in [-0.25, -0.2) is 4.79 Å². The van der Waals surface area contributed by atoms with E-state index in [1.165, 1.54) is 11.8 Å². The average molecular weight is 486 g/mol. The minimum absolute atomic E-state index is 0.202. The lowest BCUT2D eigenvalue weighted by atomic mass is 10.1. The van der Waals surface area contributed by atoms with Crippen molar-refractivity contribution in [3.05, 3.63) is 45.1 Å². The van der Waals surface area contributed by atoms with Gasteiger partial charge in [-0.1, -0.05) is 18.0 Å². The third kappa shape index (κ3) is 4.33. The number of esters is 1. The molecule has 3 aromatic rings. The highest BCUT2D eigenvalue weighted by Gasteiger charge is 2.39. The number of aromatic nitrogens is 2. The Balaban J connectivity index is 1.57. The van der Waals surface area contributed by atoms with Crippen molar-refractivity contribution in [1.82, 2.24) is 9.78 Å². The number of alkyl halides is 3. The van der Waals surface area contributed by atoms with Gasteiger partial charge in [0.1, 0.15) is 11.4 Å². The fraction of sp³-hybridized carbons (Fsp3) is 0.381. The first kappa shape index (κ1) is 22.6. The van der Waals surface area contributed by atoms with Crippen LogP contribution in [0.15, 0.2) is 18.2 Å². The summed E-state index contributed by atoms with van der Waals surface area (Å²) >= 11 is 7.36. The number of halogens is 4. The summed E-state index contributed by atoms with van der Waals surface area (Å²) in [4.78, 5) is 24.7. The summed E-state index contributed by atoms with van der Waals surface area (Å²) in [6.07, 6.45) is -1.52. The second-order valence-electron chi connectivity index (χ2n) is 7.49. The zero-order valence-corrected chi connectivity index (χ0v) is 18.6. The number of amides is 1. The third-order valence-electron chi connectivity index (χ3n) is 5.35. The highest BCUT2D eigenvalue weighted by atomic mass is 35.5. The molecule has 0 saturated heterocycles. The predicted octanol–water partition coefficient (Wildman–Crippen LogP) is 5.46. The van der Waals surface area contributed by atoms with Crippen molar-refractivity contribution in [1.29, 1.82) is 0 Å². The lowest BCUT2D eigenvalue weighted by Gasteiger charge is -2.09. The van der Waals surface area contributed by atoms with Crippen molar-refractivity contribution in [3.63, 3.8) is 0 Å². The normalized spacial score (nSPS) is 14.2. The molecule has 2 heterocycles. The van der Waals surface area contributed by atoms with Crippen LogP contribution in [-0.4, -0.2) is 28.8 Å². The zero-order valence-electron chi connectivity index (χ0n) is 17.0. The van der Waals surface area contributed by atoms with Gasteiger partial charge in [-0.05, 0) is 43.9 Å². The van der Waals surface area contributed by atoms with Crippen LogP contribution in [0.2, 0.25) is 5.02 Å². The zero-order chi connectivity index (χ0) is 23.0. The van der Waals surface area contributed by atoms with Gasteiger partial charge in [0.05, 0.1) is 12.1 Å². The summed E-state index contributed by atoms with van der Waals surface area (Å²) < 4.78 is 46.9. The van der Waals surface area contributed by atoms with E-state index >= 15 is 0 Å². The summed E-state index contributed by atoms with van der Waals surface area (Å²) in [5, 5.41) is 7.35. The second-order valence-corrected chi connectivity index (χ2v) is 8.92. The molecule has 0 spiro atoms. The van der Waals surface area contributed by atoms with E-state index in [2.05, 4.69) is 10.4 Å². The molecular formula is C21H19ClF3N3O3S. The molecule has 4 rings (SSSR count). The molecular weight excluding hydrogens is 467 g/mol. The van der Waals surface area contributed by atoms with Crippen LogP contribution in [0.5, 0.6) is 0 Å². The molecule has 0 saturated carbocycles. The highest BCUT2D eigenvalue weighted by molar-refractivity contribution is 7.21. The van der Waals surface area contributed by atoms with Crippen LogP contribution in [-0.2, 0) is 35.1 Å². The first-order chi connectivity index (χ1) is 15.2. The number of nitrogens with one attached hydrogen (secondary N) is 1. The van der Waals surface area contributed by atoms with Crippen molar-refractivity contribution >= 4 is 50.6 Å². The lowest BCUT2D eigenvalue weighted by Crippen LogP contribution is -2.21. The van der Waals surface area contributed by atoms with Crippen LogP contribution in [0, 0.1) is 0 Å². The van der Waals surface area contributed by atoms with E-state index in [9.17, 15) is 22.8 Å². The molecule has 1 aliphatic carbocycles. The summed E-state index contributed by atoms with van der Waals surface area (Å²) in [5.74, 6) is -1.05. The number of hydrogen-bond donors (Lipinski definition) is 1. The number of carbonyl (C=O) groups is 2. The molecule has 0 bridgehead atoms. The molecule has 2 aromatic heterocycles. The van der Waals surface area contributed by atoms with Gasteiger partial charge < -0.3 is 10.1 Å². The molecule has 1 amide bonds. The van der Waals surface area contributed by atoms with E-state index in [4.69, 9.17) is 16.3 Å². The summed E-state index contributed by atoms with van der Waals surface area (Å²) in [5.41, 5.74) is 0.222. The topological polar surface area (TPSA) is 73.2 Å². The Kier molecular flexibility index (Phi) is 6.17. The molecule has 1 aliphatic rings. The Bertz CT molecular complexity index is 1200. The van der Waals surface area contributed by atoms with Gasteiger partial charge >= 0.3 is 12.1 Å². The fourth-order valence-corrected chi connectivity index (χ4v) is 5.38. The van der Waals surface area contributed by atoms with Crippen LogP contribution in [0.1, 0.15) is 45.9 Å². The van der Waals surface area contributed by atoms with Crippen LogP contribution >= 0.6 is 22.9 Å². The lowest BCUT2D eigenvalue weighted by molar-refractivity contribution is -0.142. The van der Waals surface area contributed by atoms with Crippen LogP contribution in [0.25, 0.3) is 10.1 Å². The number of fused-ring (bicyclic) bond motifs is 2. The van der Waals surface area contributed by atoms with Gasteiger partial charge in [0.25, 0.3) is 0 Å². The molecule has 0 radical (unpaired) electrons. The van der Waals surface area contributed by atoms with Crippen LogP contribution in [0.3, 0.4) is 0 Å². The van der Waals surface area contributed by atoms with Crippen molar-refractivity contribution in [2.75, 3.05) is 12.4 Å². The number of thiophene rings is 1. The van der Waals surface area contributed by atoms with Gasteiger partial charge in [-0.2, -0.15) is 18.3 Å². The van der Waals surface area contributed by atoms with E-state index in [1.807, 2.05) is 0 Å². The first-order valence-electron chi connectivity index (χ1n) is 9.95. The van der Waals surface area contributed by atoms with Gasteiger partial charge in [0.2, 0.25) is 5.91 Å². The van der Waals surface area contributed by atoms with E-state index in [-0.39, 0.29) is 22.0 Å². The van der Waals surface area contributed by atoms with Crippen molar-refractivity contribution < 1.29 is 27.5 Å². The molecule has 11 heteroatoms. The Morgan fingerprint density at radius 1 is 1.25 bits per heavy atom. The summed E-state index contributed by atoms with van der Waals surface area (Å²) in [6, 6.07) is 4.93. The fourth-order valence-electron chi connectivity index (χ4n) is 3.91. The van der Waals surface area contributed by atoms with E-state index in [0.29, 0.717) is 40.7 Å². The Labute approximate surface area is 190 Å². The minimum Gasteiger partial charge on any atom is -0.465 e. The molecule has 0 atom stereocenters. The SMILES string of the molecule is COC(=O)c1sc2cc(NC(=O)Cn3nc(C(F)(F)F)c4c3CCCCC4)ccc2c1Cl. The second kappa shape index (κ2) is 8.74. The van der Waals surface area contributed by atoms with Gasteiger partial charge in [-0.3, -0.25) is 9.48 Å². The number of nitrogens with zero attached hydrogens (tertiary/aromatic N) is 2. The summed E-state index contributed by atoms with van der Waals surface area (Å²) in [7, 11) is 1.26.